The number of imidazole rings is 1. The first-order valence-electron chi connectivity index (χ1n) is 6.94. The van der Waals surface area contributed by atoms with Gasteiger partial charge in [-0.15, -0.1) is 0 Å². The molecule has 2 heterocycles. The lowest BCUT2D eigenvalue weighted by Gasteiger charge is -2.08. The maximum atomic E-state index is 12.6. The molecule has 0 bridgehead atoms. The summed E-state index contributed by atoms with van der Waals surface area (Å²) in [5.74, 6) is 0. The van der Waals surface area contributed by atoms with Crippen molar-refractivity contribution < 1.29 is 0 Å². The van der Waals surface area contributed by atoms with Crippen LogP contribution in [0.1, 0.15) is 12.5 Å². The zero-order valence-electron chi connectivity index (χ0n) is 12.3. The number of aryl methyl sites for hydroxylation is 1. The molecule has 7 heteroatoms. The summed E-state index contributed by atoms with van der Waals surface area (Å²) < 4.78 is 4.95. The molecule has 3 rings (SSSR count). The number of hydrogen-bond donors (Lipinski definition) is 0. The molecule has 0 spiro atoms. The molecule has 1 aromatic carbocycles. The van der Waals surface area contributed by atoms with Crippen molar-refractivity contribution in [2.24, 2.45) is 7.05 Å². The van der Waals surface area contributed by atoms with Crippen LogP contribution in [0.2, 0.25) is 0 Å². The molecule has 0 aliphatic rings. The van der Waals surface area contributed by atoms with Crippen LogP contribution in [-0.4, -0.2) is 18.7 Å². The van der Waals surface area contributed by atoms with E-state index < -0.39 is 0 Å². The molecule has 0 aliphatic heterocycles. The number of aromatic nitrogens is 4. The van der Waals surface area contributed by atoms with Crippen molar-refractivity contribution in [3.05, 3.63) is 61.5 Å². The standard InChI is InChI=1S/C15H15BrN4O2/c1-3-19-13(21)11-12(18(2)15(19)22)17-14(16)20(11)9-10-7-5-4-6-8-10/h4-8H,3,9H2,1-2H3. The van der Waals surface area contributed by atoms with Crippen molar-refractivity contribution in [3.8, 4) is 0 Å². The van der Waals surface area contributed by atoms with Gasteiger partial charge >= 0.3 is 5.69 Å². The third-order valence-corrected chi connectivity index (χ3v) is 4.29. The zero-order valence-corrected chi connectivity index (χ0v) is 13.9. The molecule has 0 amide bonds. The highest BCUT2D eigenvalue weighted by molar-refractivity contribution is 9.10. The fraction of sp³-hybridized carbons (Fsp3) is 0.267. The van der Waals surface area contributed by atoms with E-state index in [0.717, 1.165) is 5.56 Å². The molecule has 0 radical (unpaired) electrons. The van der Waals surface area contributed by atoms with Gasteiger partial charge in [-0.2, -0.15) is 0 Å². The van der Waals surface area contributed by atoms with Gasteiger partial charge in [0.05, 0.1) is 6.54 Å². The fourth-order valence-electron chi connectivity index (χ4n) is 2.53. The van der Waals surface area contributed by atoms with Gasteiger partial charge in [0, 0.05) is 13.6 Å². The monoisotopic (exact) mass is 362 g/mol. The number of benzene rings is 1. The van der Waals surface area contributed by atoms with Gasteiger partial charge in [0.2, 0.25) is 0 Å². The maximum absolute atomic E-state index is 12.6. The third-order valence-electron chi connectivity index (χ3n) is 3.69. The lowest BCUT2D eigenvalue weighted by Crippen LogP contribution is -2.39. The van der Waals surface area contributed by atoms with E-state index >= 15 is 0 Å². The van der Waals surface area contributed by atoms with Crippen LogP contribution >= 0.6 is 15.9 Å². The Morgan fingerprint density at radius 1 is 1.14 bits per heavy atom. The molecule has 0 N–H and O–H groups in total. The van der Waals surface area contributed by atoms with Crippen molar-refractivity contribution in [2.75, 3.05) is 0 Å². The van der Waals surface area contributed by atoms with Crippen LogP contribution in [0.5, 0.6) is 0 Å². The van der Waals surface area contributed by atoms with E-state index in [4.69, 9.17) is 0 Å². The number of halogens is 1. The molecule has 0 fully saturated rings. The van der Waals surface area contributed by atoms with Crippen molar-refractivity contribution in [1.29, 1.82) is 0 Å². The summed E-state index contributed by atoms with van der Waals surface area (Å²) in [5.41, 5.74) is 1.22. The number of nitrogens with zero attached hydrogens (tertiary/aromatic N) is 4. The van der Waals surface area contributed by atoms with Crippen LogP contribution < -0.4 is 11.2 Å². The summed E-state index contributed by atoms with van der Waals surface area (Å²) in [7, 11) is 1.63. The van der Waals surface area contributed by atoms with E-state index in [1.807, 2.05) is 30.3 Å². The molecule has 0 saturated carbocycles. The molecule has 22 heavy (non-hydrogen) atoms. The van der Waals surface area contributed by atoms with Gasteiger partial charge in [-0.1, -0.05) is 30.3 Å². The Hall–Kier alpha value is -2.15. The minimum Gasteiger partial charge on any atom is -0.308 e. The Kier molecular flexibility index (Phi) is 3.74. The molecular weight excluding hydrogens is 348 g/mol. The first-order chi connectivity index (χ1) is 10.5. The van der Waals surface area contributed by atoms with Gasteiger partial charge in [-0.3, -0.25) is 13.9 Å². The average Bonchev–Trinajstić information content (AvgIpc) is 2.84. The molecular formula is C15H15BrN4O2. The van der Waals surface area contributed by atoms with Crippen molar-refractivity contribution in [1.82, 2.24) is 18.7 Å². The van der Waals surface area contributed by atoms with E-state index in [2.05, 4.69) is 20.9 Å². The van der Waals surface area contributed by atoms with Gasteiger partial charge < -0.3 is 4.57 Å². The number of rotatable bonds is 3. The summed E-state index contributed by atoms with van der Waals surface area (Å²) in [4.78, 5) is 29.1. The summed E-state index contributed by atoms with van der Waals surface area (Å²) in [6, 6.07) is 9.81. The summed E-state index contributed by atoms with van der Waals surface area (Å²) in [6.45, 7) is 2.62. The van der Waals surface area contributed by atoms with E-state index in [0.29, 0.717) is 29.0 Å². The highest BCUT2D eigenvalue weighted by atomic mass is 79.9. The Morgan fingerprint density at radius 2 is 1.82 bits per heavy atom. The SMILES string of the molecule is CCn1c(=O)c2c(nc(Br)n2Cc2ccccc2)n(C)c1=O. The van der Waals surface area contributed by atoms with Crippen molar-refractivity contribution in [3.63, 3.8) is 0 Å². The van der Waals surface area contributed by atoms with E-state index in [-0.39, 0.29) is 11.2 Å². The second-order valence-corrected chi connectivity index (χ2v) is 5.73. The van der Waals surface area contributed by atoms with Gasteiger partial charge in [0.1, 0.15) is 0 Å². The molecule has 0 atom stereocenters. The lowest BCUT2D eigenvalue weighted by molar-refractivity contribution is 0.634. The van der Waals surface area contributed by atoms with Crippen LogP contribution in [0.15, 0.2) is 44.7 Å². The first-order valence-corrected chi connectivity index (χ1v) is 7.73. The van der Waals surface area contributed by atoms with Crippen LogP contribution in [0.4, 0.5) is 0 Å². The van der Waals surface area contributed by atoms with E-state index in [1.54, 1.807) is 18.5 Å². The Balaban J connectivity index is 2.32. The van der Waals surface area contributed by atoms with Crippen LogP contribution in [0.3, 0.4) is 0 Å². The third kappa shape index (κ3) is 2.21. The molecule has 0 saturated heterocycles. The molecule has 0 aliphatic carbocycles. The van der Waals surface area contributed by atoms with Gasteiger partial charge in [-0.25, -0.2) is 9.78 Å². The van der Waals surface area contributed by atoms with Gasteiger partial charge in [-0.05, 0) is 28.4 Å². The topological polar surface area (TPSA) is 61.8 Å². The second-order valence-electron chi connectivity index (χ2n) is 5.02. The normalized spacial score (nSPS) is 11.2. The minimum atomic E-state index is -0.350. The van der Waals surface area contributed by atoms with Crippen LogP contribution in [0.25, 0.3) is 11.2 Å². The predicted molar refractivity (Wildman–Crippen MR) is 88.2 cm³/mol. The van der Waals surface area contributed by atoms with E-state index in [9.17, 15) is 9.59 Å². The Labute approximate surface area is 134 Å². The Bertz CT molecular complexity index is 954. The van der Waals surface area contributed by atoms with Crippen LogP contribution in [0, 0.1) is 0 Å². The van der Waals surface area contributed by atoms with Gasteiger partial charge in [0.25, 0.3) is 5.56 Å². The quantitative estimate of drug-likeness (QED) is 0.666. The first kappa shape index (κ1) is 14.8. The minimum absolute atomic E-state index is 0.310. The zero-order chi connectivity index (χ0) is 15.9. The summed E-state index contributed by atoms with van der Waals surface area (Å²) in [6.07, 6.45) is 0. The van der Waals surface area contributed by atoms with E-state index in [1.165, 1.54) is 9.13 Å². The highest BCUT2D eigenvalue weighted by Crippen LogP contribution is 2.18. The van der Waals surface area contributed by atoms with Crippen molar-refractivity contribution in [2.45, 2.75) is 20.0 Å². The van der Waals surface area contributed by atoms with Crippen molar-refractivity contribution >= 4 is 27.1 Å². The highest BCUT2D eigenvalue weighted by Gasteiger charge is 2.18. The smallest absolute Gasteiger partial charge is 0.308 e. The Morgan fingerprint density at radius 3 is 2.45 bits per heavy atom. The number of fused-ring (bicyclic) bond motifs is 1. The largest absolute Gasteiger partial charge is 0.332 e. The second kappa shape index (κ2) is 5.57. The van der Waals surface area contributed by atoms with Crippen LogP contribution in [-0.2, 0) is 20.1 Å². The fourth-order valence-corrected chi connectivity index (χ4v) is 3.00. The number of hydrogen-bond acceptors (Lipinski definition) is 3. The molecule has 3 aromatic rings. The average molecular weight is 363 g/mol. The summed E-state index contributed by atoms with van der Waals surface area (Å²) >= 11 is 3.39. The molecule has 6 nitrogen and oxygen atoms in total. The maximum Gasteiger partial charge on any atom is 0.332 e. The predicted octanol–water partition coefficient (Wildman–Crippen LogP) is 1.73. The molecule has 114 valence electrons. The van der Waals surface area contributed by atoms with Gasteiger partial charge in [0.15, 0.2) is 15.9 Å². The lowest BCUT2D eigenvalue weighted by atomic mass is 10.2. The summed E-state index contributed by atoms with van der Waals surface area (Å²) in [5, 5.41) is 0. The molecule has 0 unspecified atom stereocenters. The molecule has 2 aromatic heterocycles.